The van der Waals surface area contributed by atoms with Crippen molar-refractivity contribution in [2.75, 3.05) is 6.61 Å². The molecule has 42 heavy (non-hydrogen) atoms. The number of rotatable bonds is 8. The smallest absolute Gasteiger partial charge is 0.408 e. The minimum absolute atomic E-state index is 0.0544. The molecule has 4 heterocycles. The maximum atomic E-state index is 13.9. The van der Waals surface area contributed by atoms with Crippen LogP contribution < -0.4 is 5.32 Å². The number of hydrogen-bond acceptors (Lipinski definition) is 9. The molecule has 2 N–H and O–H groups in total. The number of ether oxygens (including phenoxy) is 7. The first kappa shape index (κ1) is 28.6. The van der Waals surface area contributed by atoms with Gasteiger partial charge in [0.15, 0.2) is 30.1 Å². The number of alkyl carbamates (subject to hydrolysis) is 1. The van der Waals surface area contributed by atoms with Gasteiger partial charge in [0.25, 0.3) is 0 Å². The van der Waals surface area contributed by atoms with Gasteiger partial charge in [-0.1, -0.05) is 48.5 Å². The maximum Gasteiger partial charge on any atom is 0.408 e. The van der Waals surface area contributed by atoms with E-state index in [1.54, 1.807) is 13.8 Å². The molecule has 0 aliphatic carbocycles. The molecular weight excluding hydrogens is 544 g/mol. The van der Waals surface area contributed by atoms with E-state index in [9.17, 15) is 9.59 Å². The van der Waals surface area contributed by atoms with Gasteiger partial charge in [0.1, 0.15) is 24.9 Å². The van der Waals surface area contributed by atoms with E-state index in [2.05, 4.69) is 10.3 Å². The molecule has 2 aromatic carbocycles. The summed E-state index contributed by atoms with van der Waals surface area (Å²) >= 11 is 0. The van der Waals surface area contributed by atoms with Crippen LogP contribution in [0.1, 0.15) is 38.8 Å². The Morgan fingerprint density at radius 1 is 0.976 bits per heavy atom. The molecule has 1 amide bonds. The lowest BCUT2D eigenvalue weighted by molar-refractivity contribution is -0.235. The van der Waals surface area contributed by atoms with Crippen LogP contribution >= 0.6 is 0 Å². The minimum atomic E-state index is -1.07. The number of aromatic amines is 1. The zero-order chi connectivity index (χ0) is 29.5. The highest BCUT2D eigenvalue weighted by atomic mass is 16.8. The van der Waals surface area contributed by atoms with Crippen molar-refractivity contribution in [2.45, 2.75) is 89.0 Å². The number of hydrogen-bond donors (Lipinski definition) is 2. The number of carbonyl (C=O) groups excluding carboxylic acids is 2. The average Bonchev–Trinajstić information content (AvgIpc) is 3.69. The molecule has 1 unspecified atom stereocenters. The van der Waals surface area contributed by atoms with Crippen LogP contribution in [0.25, 0.3) is 10.9 Å². The highest BCUT2D eigenvalue weighted by Crippen LogP contribution is 2.42. The van der Waals surface area contributed by atoms with E-state index in [4.69, 9.17) is 33.2 Å². The van der Waals surface area contributed by atoms with Crippen molar-refractivity contribution in [1.29, 1.82) is 0 Å². The third-order valence-corrected chi connectivity index (χ3v) is 7.56. The van der Waals surface area contributed by atoms with Crippen molar-refractivity contribution in [1.82, 2.24) is 10.3 Å². The predicted molar refractivity (Wildman–Crippen MR) is 149 cm³/mol. The number of H-pyrrole nitrogens is 1. The number of esters is 1. The Balaban J connectivity index is 1.22. The van der Waals surface area contributed by atoms with Crippen molar-refractivity contribution in [3.05, 3.63) is 71.9 Å². The van der Waals surface area contributed by atoms with Gasteiger partial charge >= 0.3 is 12.1 Å². The van der Waals surface area contributed by atoms with Crippen LogP contribution in [0.4, 0.5) is 4.79 Å². The van der Waals surface area contributed by atoms with Crippen molar-refractivity contribution < 1.29 is 42.7 Å². The molecule has 3 aliphatic heterocycles. The van der Waals surface area contributed by atoms with E-state index in [0.717, 1.165) is 22.0 Å². The molecule has 224 valence electrons. The van der Waals surface area contributed by atoms with Gasteiger partial charge in [-0.05, 0) is 44.9 Å². The van der Waals surface area contributed by atoms with Crippen LogP contribution in [0.3, 0.4) is 0 Å². The summed E-state index contributed by atoms with van der Waals surface area (Å²) < 4.78 is 41.6. The number of aromatic nitrogens is 1. The number of carbonyl (C=O) groups is 2. The van der Waals surface area contributed by atoms with Gasteiger partial charge in [-0.25, -0.2) is 9.59 Å². The zero-order valence-corrected chi connectivity index (χ0v) is 24.0. The first-order chi connectivity index (χ1) is 20.1. The minimum Gasteiger partial charge on any atom is -0.455 e. The summed E-state index contributed by atoms with van der Waals surface area (Å²) in [6.07, 6.45) is -2.31. The molecule has 0 saturated carbocycles. The van der Waals surface area contributed by atoms with Crippen molar-refractivity contribution >= 4 is 23.0 Å². The summed E-state index contributed by atoms with van der Waals surface area (Å²) in [6, 6.07) is 16.0. The fourth-order valence-corrected chi connectivity index (χ4v) is 5.65. The zero-order valence-electron chi connectivity index (χ0n) is 24.0. The number of para-hydroxylation sites is 1. The first-order valence-corrected chi connectivity index (χ1v) is 14.1. The number of benzene rings is 2. The Bertz CT molecular complexity index is 1420. The summed E-state index contributed by atoms with van der Waals surface area (Å²) in [7, 11) is 0. The molecule has 11 nitrogen and oxygen atoms in total. The first-order valence-electron chi connectivity index (χ1n) is 14.1. The number of amides is 1. The van der Waals surface area contributed by atoms with Gasteiger partial charge in [-0.3, -0.25) is 0 Å². The van der Waals surface area contributed by atoms with E-state index in [1.165, 1.54) is 0 Å². The molecule has 11 heteroatoms. The van der Waals surface area contributed by atoms with Gasteiger partial charge in [-0.15, -0.1) is 0 Å². The third-order valence-electron chi connectivity index (χ3n) is 7.56. The monoisotopic (exact) mass is 580 g/mol. The summed E-state index contributed by atoms with van der Waals surface area (Å²) in [4.78, 5) is 30.0. The van der Waals surface area contributed by atoms with Gasteiger partial charge in [0, 0.05) is 23.5 Å². The van der Waals surface area contributed by atoms with Crippen LogP contribution in [0.5, 0.6) is 0 Å². The van der Waals surface area contributed by atoms with E-state index in [-0.39, 0.29) is 19.6 Å². The van der Waals surface area contributed by atoms with Crippen LogP contribution in [-0.4, -0.2) is 72.0 Å². The summed E-state index contributed by atoms with van der Waals surface area (Å²) in [5, 5.41) is 3.65. The number of nitrogens with one attached hydrogen (secondary N) is 2. The summed E-state index contributed by atoms with van der Waals surface area (Å²) in [5.41, 5.74) is 2.57. The molecule has 0 radical (unpaired) electrons. The second-order valence-corrected chi connectivity index (χ2v) is 11.7. The standard InChI is InChI=1S/C31H36N2O9/c1-30(2)37-17-23(40-30)24-25(26-28(39-24)42-31(3,4)41-26)38-27(34)22(14-19-15-32-21-13-9-8-12-20(19)21)33-29(35)36-16-18-10-6-5-7-11-18/h5-13,15,22-26,28,32H,14,16-17H2,1-4H3,(H,33,35)/t22-,23?,24-,25-,26+,28+/m0/s1. The highest BCUT2D eigenvalue weighted by Gasteiger charge is 2.60. The van der Waals surface area contributed by atoms with Crippen LogP contribution in [0.15, 0.2) is 60.8 Å². The molecule has 6 atom stereocenters. The fraction of sp³-hybridized carbons (Fsp3) is 0.484. The molecule has 3 saturated heterocycles. The quantitative estimate of drug-likeness (QED) is 0.381. The second-order valence-electron chi connectivity index (χ2n) is 11.7. The Morgan fingerprint density at radius 3 is 2.50 bits per heavy atom. The Hall–Kier alpha value is -3.48. The Morgan fingerprint density at radius 2 is 1.74 bits per heavy atom. The molecule has 3 aliphatic rings. The van der Waals surface area contributed by atoms with Gasteiger partial charge in [-0.2, -0.15) is 0 Å². The Labute approximate surface area is 243 Å². The fourth-order valence-electron chi connectivity index (χ4n) is 5.65. The highest BCUT2D eigenvalue weighted by molar-refractivity contribution is 5.86. The van der Waals surface area contributed by atoms with Crippen molar-refractivity contribution in [3.8, 4) is 0 Å². The number of fused-ring (bicyclic) bond motifs is 2. The van der Waals surface area contributed by atoms with Crippen LogP contribution in [-0.2, 0) is 51.0 Å². The molecule has 1 aromatic heterocycles. The lowest BCUT2D eigenvalue weighted by Crippen LogP contribution is -2.50. The SMILES string of the molecule is CC1(C)OCC([C@@H]2O[C@@H]3OC(C)(C)O[C@@H]3[C@H]2OC(=O)[C@H](Cc2c[nH]c3ccccc23)NC(=O)OCc2ccccc2)O1. The van der Waals surface area contributed by atoms with E-state index in [0.29, 0.717) is 0 Å². The van der Waals surface area contributed by atoms with Crippen LogP contribution in [0, 0.1) is 0 Å². The van der Waals surface area contributed by atoms with Crippen molar-refractivity contribution in [2.24, 2.45) is 0 Å². The normalized spacial score (nSPS) is 28.3. The summed E-state index contributed by atoms with van der Waals surface area (Å²) in [6.45, 7) is 7.45. The molecule has 3 aromatic rings. The largest absolute Gasteiger partial charge is 0.455 e. The molecular formula is C31H36N2O9. The molecule has 3 fully saturated rings. The van der Waals surface area contributed by atoms with Gasteiger partial charge in [0.05, 0.1) is 6.61 Å². The van der Waals surface area contributed by atoms with E-state index >= 15 is 0 Å². The Kier molecular flexibility index (Phi) is 7.71. The molecule has 6 rings (SSSR count). The summed E-state index contributed by atoms with van der Waals surface area (Å²) in [5.74, 6) is -2.41. The third kappa shape index (κ3) is 6.16. The average molecular weight is 581 g/mol. The lowest BCUT2D eigenvalue weighted by atomic mass is 10.0. The molecule has 0 bridgehead atoms. The lowest BCUT2D eigenvalue weighted by Gasteiger charge is -2.29. The van der Waals surface area contributed by atoms with Gasteiger partial charge in [0.2, 0.25) is 0 Å². The maximum absolute atomic E-state index is 13.9. The van der Waals surface area contributed by atoms with E-state index in [1.807, 2.05) is 74.6 Å². The topological polar surface area (TPSA) is 127 Å². The predicted octanol–water partition coefficient (Wildman–Crippen LogP) is 3.95. The second kappa shape index (κ2) is 11.3. The van der Waals surface area contributed by atoms with Crippen molar-refractivity contribution in [3.63, 3.8) is 0 Å². The van der Waals surface area contributed by atoms with E-state index < -0.39 is 60.4 Å². The molecule has 0 spiro atoms. The van der Waals surface area contributed by atoms with Gasteiger partial charge < -0.3 is 43.5 Å². The van der Waals surface area contributed by atoms with Crippen LogP contribution in [0.2, 0.25) is 0 Å².